The van der Waals surface area contributed by atoms with Crippen LogP contribution in [0.25, 0.3) is 0 Å². The highest BCUT2D eigenvalue weighted by Gasteiger charge is 2.38. The number of hydrogen-bond acceptors (Lipinski definition) is 7. The number of amides is 3. The van der Waals surface area contributed by atoms with E-state index in [4.69, 9.17) is 11.0 Å². The number of nitrogens with two attached hydrogens (primary N) is 1. The molecule has 0 bridgehead atoms. The van der Waals surface area contributed by atoms with E-state index in [-0.39, 0.29) is 84.5 Å². The Kier molecular flexibility index (Phi) is 8.62. The molecule has 0 unspecified atom stereocenters. The molecule has 4 rings (SSSR count). The first-order valence-electron chi connectivity index (χ1n) is 12.8. The van der Waals surface area contributed by atoms with Gasteiger partial charge in [0.25, 0.3) is 11.8 Å². The highest BCUT2D eigenvalue weighted by atomic mass is 19.4. The average Bonchev–Trinajstić information content (AvgIpc) is 3.55. The van der Waals surface area contributed by atoms with Gasteiger partial charge in [0, 0.05) is 55.7 Å². The number of hydrogen-bond donors (Lipinski definition) is 4. The fourth-order valence-corrected chi connectivity index (χ4v) is 4.66. The van der Waals surface area contributed by atoms with Gasteiger partial charge in [-0.1, -0.05) is 0 Å². The minimum Gasteiger partial charge on any atom is -0.338 e. The molecule has 2 aromatic heterocycles. The summed E-state index contributed by atoms with van der Waals surface area (Å²) in [6, 6.07) is 3.49. The monoisotopic (exact) mass is 589 g/mol. The molecule has 12 nitrogen and oxygen atoms in total. The van der Waals surface area contributed by atoms with Crippen molar-refractivity contribution in [3.63, 3.8) is 0 Å². The number of carbonyl (C=O) groups is 3. The Morgan fingerprint density at radius 2 is 1.86 bits per heavy atom. The molecule has 0 radical (unpaired) electrons. The Labute approximate surface area is 236 Å². The first-order valence-corrected chi connectivity index (χ1v) is 12.8. The van der Waals surface area contributed by atoms with Crippen LogP contribution >= 0.6 is 0 Å². The normalized spacial score (nSPS) is 14.4. The zero-order valence-corrected chi connectivity index (χ0v) is 22.6. The van der Waals surface area contributed by atoms with E-state index in [9.17, 15) is 27.6 Å². The standard InChI is InChI=1S/C26H27F4N9O3/c1-13-9-15(11-18(27)20(13)25(42)39-7-5-38(6-8-39)24(41)14(2)32)35-23(40)22-33-12-16(34-22)10-17-19(3-4-31)36-37-21(17)26(28,29)30/h9,11-12,14H,3,5-8,10,32H2,1-2H3,(H,33,34)(H,35,40)(H,36,37)/t14-/m0/s1. The number of halogens is 4. The van der Waals surface area contributed by atoms with Crippen LogP contribution in [0.15, 0.2) is 18.3 Å². The Bertz CT molecular complexity index is 1520. The molecule has 222 valence electrons. The predicted octanol–water partition coefficient (Wildman–Crippen LogP) is 2.14. The second-order valence-corrected chi connectivity index (χ2v) is 9.81. The molecule has 1 fully saturated rings. The van der Waals surface area contributed by atoms with Gasteiger partial charge in [-0.15, -0.1) is 0 Å². The lowest BCUT2D eigenvalue weighted by Crippen LogP contribution is -2.53. The highest BCUT2D eigenvalue weighted by molar-refractivity contribution is 6.02. The summed E-state index contributed by atoms with van der Waals surface area (Å²) in [4.78, 5) is 47.4. The lowest BCUT2D eigenvalue weighted by Gasteiger charge is -2.35. The van der Waals surface area contributed by atoms with Crippen molar-refractivity contribution in [1.29, 1.82) is 5.26 Å². The second kappa shape index (κ2) is 12.0. The van der Waals surface area contributed by atoms with Crippen LogP contribution in [0.5, 0.6) is 0 Å². The van der Waals surface area contributed by atoms with E-state index in [1.54, 1.807) is 17.9 Å². The largest absolute Gasteiger partial charge is 0.435 e. The maximum Gasteiger partial charge on any atom is 0.435 e. The van der Waals surface area contributed by atoms with Crippen LogP contribution in [0.1, 0.15) is 56.1 Å². The average molecular weight is 590 g/mol. The molecule has 0 aliphatic carbocycles. The number of nitriles is 1. The molecule has 1 atom stereocenters. The Morgan fingerprint density at radius 3 is 2.45 bits per heavy atom. The molecule has 0 spiro atoms. The number of nitrogens with one attached hydrogen (secondary N) is 3. The maximum atomic E-state index is 15.1. The van der Waals surface area contributed by atoms with Gasteiger partial charge in [0.1, 0.15) is 5.82 Å². The first kappa shape index (κ1) is 30.2. The summed E-state index contributed by atoms with van der Waals surface area (Å²) in [5.74, 6) is -2.70. The lowest BCUT2D eigenvalue weighted by atomic mass is 10.0. The minimum absolute atomic E-state index is 0.00783. The van der Waals surface area contributed by atoms with Crippen LogP contribution < -0.4 is 11.1 Å². The summed E-state index contributed by atoms with van der Waals surface area (Å²) in [7, 11) is 0. The number of nitrogens with zero attached hydrogens (tertiary/aromatic N) is 5. The number of imidazole rings is 1. The summed E-state index contributed by atoms with van der Waals surface area (Å²) < 4.78 is 55.2. The summed E-state index contributed by atoms with van der Waals surface area (Å²) in [5, 5.41) is 16.9. The van der Waals surface area contributed by atoms with Gasteiger partial charge in [-0.05, 0) is 31.5 Å². The van der Waals surface area contributed by atoms with Gasteiger partial charge < -0.3 is 25.8 Å². The minimum atomic E-state index is -4.76. The van der Waals surface area contributed by atoms with E-state index in [0.717, 1.165) is 6.07 Å². The van der Waals surface area contributed by atoms with Gasteiger partial charge in [-0.2, -0.15) is 23.5 Å². The summed E-state index contributed by atoms with van der Waals surface area (Å²) in [6.07, 6.45) is -4.24. The van der Waals surface area contributed by atoms with E-state index in [2.05, 4.69) is 25.5 Å². The fourth-order valence-electron chi connectivity index (χ4n) is 4.66. The van der Waals surface area contributed by atoms with Crippen LogP contribution in [0.2, 0.25) is 0 Å². The van der Waals surface area contributed by atoms with E-state index >= 15 is 4.39 Å². The smallest absolute Gasteiger partial charge is 0.338 e. The van der Waals surface area contributed by atoms with Crippen molar-refractivity contribution in [3.05, 3.63) is 63.7 Å². The zero-order chi connectivity index (χ0) is 30.8. The van der Waals surface area contributed by atoms with E-state index in [0.29, 0.717) is 0 Å². The van der Waals surface area contributed by atoms with Crippen molar-refractivity contribution in [2.45, 2.75) is 38.9 Å². The van der Waals surface area contributed by atoms with Gasteiger partial charge >= 0.3 is 6.18 Å². The van der Waals surface area contributed by atoms with E-state index in [1.165, 1.54) is 24.1 Å². The number of carbonyl (C=O) groups excluding carboxylic acids is 3. The predicted molar refractivity (Wildman–Crippen MR) is 140 cm³/mol. The summed E-state index contributed by atoms with van der Waals surface area (Å²) in [5.41, 5.74) is 4.47. The molecular formula is C26H27F4N9O3. The summed E-state index contributed by atoms with van der Waals surface area (Å²) >= 11 is 0. The number of rotatable bonds is 7. The molecular weight excluding hydrogens is 562 g/mol. The number of aryl methyl sites for hydroxylation is 1. The highest BCUT2D eigenvalue weighted by Crippen LogP contribution is 2.33. The van der Waals surface area contributed by atoms with Gasteiger partial charge in [-0.3, -0.25) is 19.5 Å². The maximum absolute atomic E-state index is 15.1. The lowest BCUT2D eigenvalue weighted by molar-refractivity contribution is -0.141. The van der Waals surface area contributed by atoms with Crippen LogP contribution in [-0.2, 0) is 23.8 Å². The molecule has 5 N–H and O–H groups in total. The quantitative estimate of drug-likeness (QED) is 0.305. The molecule has 1 saturated heterocycles. The Hall–Kier alpha value is -4.78. The number of H-pyrrole nitrogens is 2. The number of benzene rings is 1. The summed E-state index contributed by atoms with van der Waals surface area (Å²) in [6.45, 7) is 4.03. The molecule has 3 heterocycles. The van der Waals surface area contributed by atoms with Gasteiger partial charge in [0.05, 0.1) is 29.8 Å². The van der Waals surface area contributed by atoms with Crippen LogP contribution in [0, 0.1) is 24.1 Å². The van der Waals surface area contributed by atoms with Crippen LogP contribution in [0.3, 0.4) is 0 Å². The zero-order valence-electron chi connectivity index (χ0n) is 22.6. The van der Waals surface area contributed by atoms with E-state index < -0.39 is 35.5 Å². The van der Waals surface area contributed by atoms with E-state index in [1.807, 2.05) is 0 Å². The van der Waals surface area contributed by atoms with Crippen molar-refractivity contribution in [3.8, 4) is 6.07 Å². The Balaban J connectivity index is 1.44. The molecule has 1 aliphatic heterocycles. The van der Waals surface area contributed by atoms with Crippen molar-refractivity contribution < 1.29 is 31.9 Å². The molecule has 1 aromatic carbocycles. The third-order valence-corrected chi connectivity index (χ3v) is 6.72. The second-order valence-electron chi connectivity index (χ2n) is 9.81. The Morgan fingerprint density at radius 1 is 1.19 bits per heavy atom. The number of piperazine rings is 1. The van der Waals surface area contributed by atoms with Crippen molar-refractivity contribution in [2.24, 2.45) is 5.73 Å². The topological polar surface area (TPSA) is 177 Å². The van der Waals surface area contributed by atoms with Gasteiger partial charge in [-0.25, -0.2) is 9.37 Å². The van der Waals surface area contributed by atoms with Crippen LogP contribution in [-0.4, -0.2) is 79.9 Å². The number of aromatic amines is 2. The van der Waals surface area contributed by atoms with Crippen molar-refractivity contribution in [1.82, 2.24) is 30.0 Å². The molecule has 42 heavy (non-hydrogen) atoms. The molecule has 3 amide bonds. The number of anilines is 1. The molecule has 3 aromatic rings. The first-order chi connectivity index (χ1) is 19.8. The van der Waals surface area contributed by atoms with Crippen molar-refractivity contribution >= 4 is 23.4 Å². The molecule has 16 heteroatoms. The van der Waals surface area contributed by atoms with Gasteiger partial charge in [0.15, 0.2) is 11.5 Å². The molecule has 0 saturated carbocycles. The fraction of sp³-hybridized carbons (Fsp3) is 0.385. The number of alkyl halides is 3. The third kappa shape index (κ3) is 6.41. The number of aromatic nitrogens is 4. The van der Waals surface area contributed by atoms with Gasteiger partial charge in [0.2, 0.25) is 5.91 Å². The SMILES string of the molecule is Cc1cc(NC(=O)c2ncc(Cc3c(C(F)(F)F)n[nH]c3CC#N)[nH]2)cc(F)c1C(=O)N1CCN(C(=O)[C@H](C)N)CC1. The van der Waals surface area contributed by atoms with Crippen LogP contribution in [0.4, 0.5) is 23.2 Å². The van der Waals surface area contributed by atoms with Crippen molar-refractivity contribution in [2.75, 3.05) is 31.5 Å². The third-order valence-electron chi connectivity index (χ3n) is 6.72. The molecule has 1 aliphatic rings.